The largest absolute Gasteiger partial charge is 0.493 e. The lowest BCUT2D eigenvalue weighted by Gasteiger charge is -2.26. The summed E-state index contributed by atoms with van der Waals surface area (Å²) in [5.74, 6) is -1.14. The first-order valence-corrected chi connectivity index (χ1v) is 6.37. The quantitative estimate of drug-likeness (QED) is 0.831. The van der Waals surface area contributed by atoms with E-state index in [1.54, 1.807) is 6.07 Å². The van der Waals surface area contributed by atoms with Crippen molar-refractivity contribution in [2.24, 2.45) is 0 Å². The molecule has 2 atom stereocenters. The number of hydrogen-bond donors (Lipinski definition) is 2. The van der Waals surface area contributed by atoms with Crippen LogP contribution >= 0.6 is 0 Å². The summed E-state index contributed by atoms with van der Waals surface area (Å²) in [7, 11) is 1.39. The second-order valence-electron chi connectivity index (χ2n) is 4.58. The minimum absolute atomic E-state index is 0.0636. The van der Waals surface area contributed by atoms with E-state index in [-0.39, 0.29) is 12.5 Å². The van der Waals surface area contributed by atoms with Crippen molar-refractivity contribution in [2.75, 3.05) is 20.3 Å². The SMILES string of the molecule is COCC(NC(=O)C1CCOc2ccccc21)C(=O)O. The van der Waals surface area contributed by atoms with Gasteiger partial charge in [0.05, 0.1) is 19.1 Å². The first-order valence-electron chi connectivity index (χ1n) is 6.37. The van der Waals surface area contributed by atoms with Crippen LogP contribution < -0.4 is 10.1 Å². The molecule has 1 aromatic carbocycles. The third-order valence-corrected chi connectivity index (χ3v) is 3.22. The normalized spacial score (nSPS) is 18.6. The molecule has 0 aromatic heterocycles. The van der Waals surface area contributed by atoms with E-state index in [2.05, 4.69) is 5.32 Å². The number of nitrogens with one attached hydrogen (secondary N) is 1. The van der Waals surface area contributed by atoms with E-state index >= 15 is 0 Å². The fourth-order valence-corrected chi connectivity index (χ4v) is 2.23. The molecule has 20 heavy (non-hydrogen) atoms. The van der Waals surface area contributed by atoms with Gasteiger partial charge in [-0.25, -0.2) is 4.79 Å². The van der Waals surface area contributed by atoms with Gasteiger partial charge in [-0.15, -0.1) is 0 Å². The minimum Gasteiger partial charge on any atom is -0.493 e. The third kappa shape index (κ3) is 3.08. The highest BCUT2D eigenvalue weighted by Gasteiger charge is 2.30. The van der Waals surface area contributed by atoms with Crippen LogP contribution in [0.2, 0.25) is 0 Å². The number of carbonyl (C=O) groups is 2. The number of ether oxygens (including phenoxy) is 2. The van der Waals surface area contributed by atoms with Gasteiger partial charge in [-0.05, 0) is 12.5 Å². The van der Waals surface area contributed by atoms with Crippen LogP contribution in [0, 0.1) is 0 Å². The molecule has 6 nitrogen and oxygen atoms in total. The van der Waals surface area contributed by atoms with Crippen LogP contribution in [0.25, 0.3) is 0 Å². The van der Waals surface area contributed by atoms with Crippen molar-refractivity contribution in [3.63, 3.8) is 0 Å². The molecule has 0 radical (unpaired) electrons. The second-order valence-corrected chi connectivity index (χ2v) is 4.58. The van der Waals surface area contributed by atoms with Gasteiger partial charge in [-0.1, -0.05) is 18.2 Å². The maximum absolute atomic E-state index is 12.3. The molecule has 1 heterocycles. The summed E-state index contributed by atoms with van der Waals surface area (Å²) >= 11 is 0. The number of fused-ring (bicyclic) bond motifs is 1. The Kier molecular flexibility index (Phi) is 4.57. The monoisotopic (exact) mass is 279 g/mol. The number of rotatable bonds is 5. The predicted molar refractivity (Wildman–Crippen MR) is 70.7 cm³/mol. The third-order valence-electron chi connectivity index (χ3n) is 3.22. The molecule has 0 saturated heterocycles. The highest BCUT2D eigenvalue weighted by molar-refractivity contribution is 5.88. The molecule has 2 unspecified atom stereocenters. The highest BCUT2D eigenvalue weighted by Crippen LogP contribution is 2.33. The molecule has 108 valence electrons. The average Bonchev–Trinajstić information content (AvgIpc) is 2.46. The molecule has 0 spiro atoms. The molecule has 0 bridgehead atoms. The number of carboxylic acids is 1. The molecule has 6 heteroatoms. The Morgan fingerprint density at radius 2 is 2.25 bits per heavy atom. The van der Waals surface area contributed by atoms with Crippen LogP contribution in [0.5, 0.6) is 5.75 Å². The Bertz CT molecular complexity index is 502. The lowest BCUT2D eigenvalue weighted by atomic mass is 9.92. The molecule has 0 fully saturated rings. The van der Waals surface area contributed by atoms with E-state index in [9.17, 15) is 9.59 Å². The number of methoxy groups -OCH3 is 1. The zero-order chi connectivity index (χ0) is 14.5. The first-order chi connectivity index (χ1) is 9.63. The molecule has 1 aromatic rings. The molecule has 0 saturated carbocycles. The van der Waals surface area contributed by atoms with Gasteiger partial charge in [0.15, 0.2) is 6.04 Å². The number of amides is 1. The van der Waals surface area contributed by atoms with Crippen molar-refractivity contribution >= 4 is 11.9 Å². The predicted octanol–water partition coefficient (Wildman–Crippen LogP) is 0.768. The van der Waals surface area contributed by atoms with Crippen LogP contribution in [0.4, 0.5) is 0 Å². The minimum atomic E-state index is -1.11. The van der Waals surface area contributed by atoms with E-state index in [1.807, 2.05) is 18.2 Å². The standard InChI is InChI=1S/C14H17NO5/c1-19-8-11(14(17)18)15-13(16)10-6-7-20-12-5-3-2-4-9(10)12/h2-5,10-11H,6-8H2,1H3,(H,15,16)(H,17,18). The van der Waals surface area contributed by atoms with E-state index in [0.717, 1.165) is 5.56 Å². The number of hydrogen-bond acceptors (Lipinski definition) is 4. The molecule has 1 aliphatic rings. The Labute approximate surface area is 116 Å². The smallest absolute Gasteiger partial charge is 0.328 e. The van der Waals surface area contributed by atoms with E-state index in [1.165, 1.54) is 7.11 Å². The summed E-state index contributed by atoms with van der Waals surface area (Å²) in [5, 5.41) is 11.5. The number of benzene rings is 1. The lowest BCUT2D eigenvalue weighted by Crippen LogP contribution is -2.46. The van der Waals surface area contributed by atoms with Gasteiger partial charge in [0.2, 0.25) is 5.91 Å². The lowest BCUT2D eigenvalue weighted by molar-refractivity contribution is -0.143. The summed E-state index contributed by atoms with van der Waals surface area (Å²) in [5.41, 5.74) is 0.790. The van der Waals surface area contributed by atoms with Crippen LogP contribution in [-0.2, 0) is 14.3 Å². The van der Waals surface area contributed by atoms with Gasteiger partial charge in [0.1, 0.15) is 5.75 Å². The van der Waals surface area contributed by atoms with Gasteiger partial charge in [0, 0.05) is 12.7 Å². The average molecular weight is 279 g/mol. The molecule has 2 N–H and O–H groups in total. The Morgan fingerprint density at radius 1 is 1.50 bits per heavy atom. The maximum Gasteiger partial charge on any atom is 0.328 e. The molecule has 1 amide bonds. The number of carbonyl (C=O) groups excluding carboxylic acids is 1. The molecule has 0 aliphatic carbocycles. The van der Waals surface area contributed by atoms with Crippen LogP contribution in [0.3, 0.4) is 0 Å². The first kappa shape index (κ1) is 14.3. The van der Waals surface area contributed by atoms with Crippen LogP contribution in [0.1, 0.15) is 17.9 Å². The van der Waals surface area contributed by atoms with E-state index < -0.39 is 17.9 Å². The van der Waals surface area contributed by atoms with Crippen molar-refractivity contribution in [1.29, 1.82) is 0 Å². The number of carboxylic acid groups (broad SMARTS) is 1. The summed E-state index contributed by atoms with van der Waals surface area (Å²) in [6.07, 6.45) is 0.530. The van der Waals surface area contributed by atoms with Gasteiger partial charge in [0.25, 0.3) is 0 Å². The van der Waals surface area contributed by atoms with E-state index in [4.69, 9.17) is 14.6 Å². The van der Waals surface area contributed by atoms with Crippen molar-refractivity contribution < 1.29 is 24.2 Å². The topological polar surface area (TPSA) is 84.9 Å². The van der Waals surface area contributed by atoms with Crippen molar-refractivity contribution in [2.45, 2.75) is 18.4 Å². The maximum atomic E-state index is 12.3. The zero-order valence-electron chi connectivity index (χ0n) is 11.2. The summed E-state index contributed by atoms with van der Waals surface area (Å²) < 4.78 is 10.3. The van der Waals surface area contributed by atoms with Gasteiger partial charge in [-0.2, -0.15) is 0 Å². The Hall–Kier alpha value is -2.08. The summed E-state index contributed by atoms with van der Waals surface area (Å²) in [4.78, 5) is 23.3. The summed E-state index contributed by atoms with van der Waals surface area (Å²) in [6.45, 7) is 0.378. The highest BCUT2D eigenvalue weighted by atomic mass is 16.5. The Balaban J connectivity index is 2.12. The number of para-hydroxylation sites is 1. The fraction of sp³-hybridized carbons (Fsp3) is 0.429. The van der Waals surface area contributed by atoms with Gasteiger partial charge >= 0.3 is 5.97 Å². The zero-order valence-corrected chi connectivity index (χ0v) is 11.2. The number of aliphatic carboxylic acids is 1. The molecule has 2 rings (SSSR count). The van der Waals surface area contributed by atoms with Crippen molar-refractivity contribution in [3.8, 4) is 5.75 Å². The molecular weight excluding hydrogens is 262 g/mol. The van der Waals surface area contributed by atoms with Gasteiger partial charge in [-0.3, -0.25) is 4.79 Å². The van der Waals surface area contributed by atoms with Gasteiger partial charge < -0.3 is 19.9 Å². The Morgan fingerprint density at radius 3 is 2.95 bits per heavy atom. The van der Waals surface area contributed by atoms with Crippen molar-refractivity contribution in [1.82, 2.24) is 5.32 Å². The van der Waals surface area contributed by atoms with E-state index in [0.29, 0.717) is 18.8 Å². The van der Waals surface area contributed by atoms with Crippen LogP contribution in [0.15, 0.2) is 24.3 Å². The fourth-order valence-electron chi connectivity index (χ4n) is 2.23. The van der Waals surface area contributed by atoms with Crippen molar-refractivity contribution in [3.05, 3.63) is 29.8 Å². The van der Waals surface area contributed by atoms with Crippen LogP contribution in [-0.4, -0.2) is 43.3 Å². The summed E-state index contributed by atoms with van der Waals surface area (Å²) in [6, 6.07) is 6.26. The molecule has 1 aliphatic heterocycles. The molecular formula is C14H17NO5. The second kappa shape index (κ2) is 6.38.